The summed E-state index contributed by atoms with van der Waals surface area (Å²) in [5.74, 6) is 1.79. The first-order valence-corrected chi connectivity index (χ1v) is 12.5. The standard InChI is InChI=1S/C26H22N4O5S/c1-30(16-18-5-3-2-4-6-18)36(31,32)21-10-8-20(9-11-21)25-29-22(14-27)26(35-25)28-15-19-7-12-23-24(13-19)34-17-33-23/h2-13,28H,15-17H2,1H3. The molecule has 3 aromatic carbocycles. The number of ether oxygens (including phenoxy) is 2. The monoisotopic (exact) mass is 502 g/mol. The molecule has 1 aliphatic heterocycles. The van der Waals surface area contributed by atoms with Crippen LogP contribution >= 0.6 is 0 Å². The van der Waals surface area contributed by atoms with Gasteiger partial charge in [-0.05, 0) is 47.5 Å². The van der Waals surface area contributed by atoms with Crippen molar-refractivity contribution in [1.29, 1.82) is 5.26 Å². The Balaban J connectivity index is 1.30. The number of aromatic nitrogens is 1. The Kier molecular flexibility index (Phi) is 6.33. The average Bonchev–Trinajstić information content (AvgIpc) is 3.54. The number of rotatable bonds is 8. The van der Waals surface area contributed by atoms with Crippen molar-refractivity contribution in [2.24, 2.45) is 0 Å². The van der Waals surface area contributed by atoms with E-state index in [2.05, 4.69) is 10.3 Å². The molecule has 36 heavy (non-hydrogen) atoms. The van der Waals surface area contributed by atoms with E-state index >= 15 is 0 Å². The highest BCUT2D eigenvalue weighted by atomic mass is 32.2. The van der Waals surface area contributed by atoms with Crippen LogP contribution in [0, 0.1) is 11.3 Å². The summed E-state index contributed by atoms with van der Waals surface area (Å²) >= 11 is 0. The molecule has 0 aliphatic carbocycles. The highest BCUT2D eigenvalue weighted by Gasteiger charge is 2.22. The third kappa shape index (κ3) is 4.75. The van der Waals surface area contributed by atoms with Crippen LogP contribution < -0.4 is 14.8 Å². The minimum Gasteiger partial charge on any atom is -0.454 e. The van der Waals surface area contributed by atoms with Crippen molar-refractivity contribution in [2.75, 3.05) is 19.2 Å². The molecule has 0 amide bonds. The fraction of sp³-hybridized carbons (Fsp3) is 0.154. The van der Waals surface area contributed by atoms with Gasteiger partial charge in [0.25, 0.3) is 0 Å². The maximum Gasteiger partial charge on any atom is 0.243 e. The fourth-order valence-electron chi connectivity index (χ4n) is 3.75. The molecule has 0 saturated heterocycles. The molecular weight excluding hydrogens is 480 g/mol. The first-order valence-electron chi connectivity index (χ1n) is 11.1. The van der Waals surface area contributed by atoms with Gasteiger partial charge in [0.2, 0.25) is 34.3 Å². The molecule has 4 aromatic rings. The topological polar surface area (TPSA) is 118 Å². The van der Waals surface area contributed by atoms with Gasteiger partial charge < -0.3 is 19.2 Å². The van der Waals surface area contributed by atoms with Crippen LogP contribution in [0.2, 0.25) is 0 Å². The van der Waals surface area contributed by atoms with Gasteiger partial charge in [-0.15, -0.1) is 0 Å². The molecular formula is C26H22N4O5S. The van der Waals surface area contributed by atoms with Crippen LogP contribution in [0.15, 0.2) is 82.1 Å². The normalized spacial score (nSPS) is 12.5. The second-order valence-corrected chi connectivity index (χ2v) is 10.2. The second kappa shape index (κ2) is 9.73. The summed E-state index contributed by atoms with van der Waals surface area (Å²) in [4.78, 5) is 4.41. The largest absolute Gasteiger partial charge is 0.454 e. The zero-order valence-electron chi connectivity index (χ0n) is 19.3. The lowest BCUT2D eigenvalue weighted by Crippen LogP contribution is -2.26. The van der Waals surface area contributed by atoms with Crippen LogP contribution in [0.3, 0.4) is 0 Å². The predicted octanol–water partition coefficient (Wildman–Crippen LogP) is 4.37. The quantitative estimate of drug-likeness (QED) is 0.377. The Labute approximate surface area is 208 Å². The number of nitrogens with one attached hydrogen (secondary N) is 1. The van der Waals surface area contributed by atoms with Crippen LogP contribution in [0.5, 0.6) is 11.5 Å². The van der Waals surface area contributed by atoms with Crippen LogP contribution in [0.25, 0.3) is 11.5 Å². The number of sulfonamides is 1. The number of nitrogens with zero attached hydrogens (tertiary/aromatic N) is 3. The van der Waals surface area contributed by atoms with Crippen molar-refractivity contribution in [1.82, 2.24) is 9.29 Å². The van der Waals surface area contributed by atoms with Crippen molar-refractivity contribution >= 4 is 15.9 Å². The van der Waals surface area contributed by atoms with Gasteiger partial charge in [-0.3, -0.25) is 0 Å². The van der Waals surface area contributed by atoms with E-state index in [9.17, 15) is 13.7 Å². The molecule has 0 atom stereocenters. The van der Waals surface area contributed by atoms with Crippen LogP contribution in [-0.4, -0.2) is 31.5 Å². The Morgan fingerprint density at radius 3 is 2.50 bits per heavy atom. The summed E-state index contributed by atoms with van der Waals surface area (Å²) in [6.07, 6.45) is 0. The third-order valence-electron chi connectivity index (χ3n) is 5.68. The van der Waals surface area contributed by atoms with Gasteiger partial charge in [0.1, 0.15) is 6.07 Å². The highest BCUT2D eigenvalue weighted by molar-refractivity contribution is 7.89. The fourth-order valence-corrected chi connectivity index (χ4v) is 4.91. The summed E-state index contributed by atoms with van der Waals surface area (Å²) in [5, 5.41) is 12.6. The van der Waals surface area contributed by atoms with Gasteiger partial charge in [0.15, 0.2) is 11.5 Å². The van der Waals surface area contributed by atoms with E-state index in [4.69, 9.17) is 13.9 Å². The first kappa shape index (κ1) is 23.4. The second-order valence-electron chi connectivity index (χ2n) is 8.12. The third-order valence-corrected chi connectivity index (χ3v) is 7.50. The maximum absolute atomic E-state index is 13.0. The molecule has 10 heteroatoms. The number of anilines is 1. The minimum absolute atomic E-state index is 0.102. The van der Waals surface area contributed by atoms with E-state index in [1.807, 2.05) is 54.6 Å². The number of benzene rings is 3. The molecule has 0 fully saturated rings. The predicted molar refractivity (Wildman–Crippen MR) is 132 cm³/mol. The smallest absolute Gasteiger partial charge is 0.243 e. The molecule has 0 unspecified atom stereocenters. The molecule has 182 valence electrons. The highest BCUT2D eigenvalue weighted by Crippen LogP contribution is 2.33. The Morgan fingerprint density at radius 2 is 1.75 bits per heavy atom. The Bertz CT molecular complexity index is 1530. The minimum atomic E-state index is -3.69. The van der Waals surface area contributed by atoms with E-state index in [-0.39, 0.29) is 35.7 Å². The summed E-state index contributed by atoms with van der Waals surface area (Å²) in [6.45, 7) is 0.832. The number of nitriles is 1. The van der Waals surface area contributed by atoms with Gasteiger partial charge in [0, 0.05) is 25.7 Å². The van der Waals surface area contributed by atoms with Crippen molar-refractivity contribution in [3.05, 3.63) is 89.6 Å². The summed E-state index contributed by atoms with van der Waals surface area (Å²) < 4.78 is 43.8. The van der Waals surface area contributed by atoms with Gasteiger partial charge in [0.05, 0.1) is 4.90 Å². The number of hydrogen-bond donors (Lipinski definition) is 1. The van der Waals surface area contributed by atoms with Crippen molar-refractivity contribution in [3.63, 3.8) is 0 Å². The molecule has 0 spiro atoms. The zero-order valence-corrected chi connectivity index (χ0v) is 20.2. The van der Waals surface area contributed by atoms with Crippen molar-refractivity contribution < 1.29 is 22.3 Å². The molecule has 0 saturated carbocycles. The van der Waals surface area contributed by atoms with E-state index in [0.29, 0.717) is 23.6 Å². The van der Waals surface area contributed by atoms with Crippen LogP contribution in [0.1, 0.15) is 16.8 Å². The maximum atomic E-state index is 13.0. The van der Waals surface area contributed by atoms with Gasteiger partial charge in [-0.25, -0.2) is 8.42 Å². The molecule has 1 aliphatic rings. The number of hydrogen-bond acceptors (Lipinski definition) is 8. The Hall–Kier alpha value is -4.33. The van der Waals surface area contributed by atoms with Crippen molar-refractivity contribution in [2.45, 2.75) is 18.0 Å². The zero-order chi connectivity index (χ0) is 25.1. The molecule has 0 bridgehead atoms. The van der Waals surface area contributed by atoms with Crippen LogP contribution in [-0.2, 0) is 23.1 Å². The molecule has 5 rings (SSSR count). The number of fused-ring (bicyclic) bond motifs is 1. The van der Waals surface area contributed by atoms with Gasteiger partial charge in [-0.2, -0.15) is 14.6 Å². The van der Waals surface area contributed by atoms with Gasteiger partial charge in [-0.1, -0.05) is 36.4 Å². The SMILES string of the molecule is CN(Cc1ccccc1)S(=O)(=O)c1ccc(-c2nc(C#N)c(NCc3ccc4c(c3)OCO4)o2)cc1. The van der Waals surface area contributed by atoms with Gasteiger partial charge >= 0.3 is 0 Å². The lowest BCUT2D eigenvalue weighted by molar-refractivity contribution is 0.174. The van der Waals surface area contributed by atoms with Crippen LogP contribution in [0.4, 0.5) is 5.88 Å². The molecule has 1 aromatic heterocycles. The summed E-state index contributed by atoms with van der Waals surface area (Å²) in [6, 6.07) is 23.2. The van der Waals surface area contributed by atoms with E-state index in [1.54, 1.807) is 19.2 Å². The average molecular weight is 503 g/mol. The lowest BCUT2D eigenvalue weighted by atomic mass is 10.2. The van der Waals surface area contributed by atoms with Crippen molar-refractivity contribution in [3.8, 4) is 29.0 Å². The van der Waals surface area contributed by atoms with E-state index < -0.39 is 10.0 Å². The van der Waals surface area contributed by atoms with E-state index in [1.165, 1.54) is 16.4 Å². The Morgan fingerprint density at radius 1 is 1.00 bits per heavy atom. The molecule has 0 radical (unpaired) electrons. The lowest BCUT2D eigenvalue weighted by Gasteiger charge is -2.17. The summed E-state index contributed by atoms with van der Waals surface area (Å²) in [5.41, 5.74) is 2.46. The van der Waals surface area contributed by atoms with E-state index in [0.717, 1.165) is 11.1 Å². The molecule has 9 nitrogen and oxygen atoms in total. The molecule has 2 heterocycles. The first-order chi connectivity index (χ1) is 17.4. The molecule has 1 N–H and O–H groups in total. The summed E-state index contributed by atoms with van der Waals surface area (Å²) in [7, 11) is -2.15. The number of oxazole rings is 1.